The molecule has 0 bridgehead atoms. The molecule has 0 aromatic heterocycles. The molecule has 21 heavy (non-hydrogen) atoms. The molecule has 0 saturated carbocycles. The molecule has 0 atom stereocenters. The van der Waals surface area contributed by atoms with Crippen LogP contribution in [-0.2, 0) is 10.0 Å². The highest BCUT2D eigenvalue weighted by Gasteiger charge is 2.23. The van der Waals surface area contributed by atoms with Gasteiger partial charge in [0.05, 0.1) is 11.3 Å². The number of carbonyl (C=O) groups is 1. The Hall–Kier alpha value is -0.950. The van der Waals surface area contributed by atoms with Gasteiger partial charge in [0.2, 0.25) is 10.0 Å². The summed E-state index contributed by atoms with van der Waals surface area (Å²) >= 11 is 6.00. The Bertz CT molecular complexity index is 610. The van der Waals surface area contributed by atoms with Crippen molar-refractivity contribution in [2.24, 2.45) is 0 Å². The van der Waals surface area contributed by atoms with Gasteiger partial charge in [-0.15, -0.1) is 0 Å². The second-order valence-corrected chi connectivity index (χ2v) is 7.55. The number of Topliss-reactive ketones (excluding diaryl/α,β-unsaturated/α-hetero) is 1. The molecule has 1 saturated heterocycles. The van der Waals surface area contributed by atoms with Crippen molar-refractivity contribution in [1.82, 2.24) is 9.21 Å². The Morgan fingerprint density at radius 1 is 1.19 bits per heavy atom. The lowest BCUT2D eigenvalue weighted by Crippen LogP contribution is -2.48. The quantitative estimate of drug-likeness (QED) is 0.768. The van der Waals surface area contributed by atoms with Crippen molar-refractivity contribution in [3.05, 3.63) is 34.9 Å². The number of hydrogen-bond donors (Lipinski definition) is 0. The van der Waals surface area contributed by atoms with E-state index in [-0.39, 0.29) is 5.78 Å². The molecular weight excluding hydrogens is 312 g/mol. The molecule has 2 rings (SSSR count). The number of ketones is 1. The van der Waals surface area contributed by atoms with Crippen LogP contribution in [0.4, 0.5) is 0 Å². The van der Waals surface area contributed by atoms with Crippen molar-refractivity contribution in [1.29, 1.82) is 0 Å². The number of halogens is 1. The van der Waals surface area contributed by atoms with Crippen LogP contribution in [-0.4, -0.2) is 62.4 Å². The van der Waals surface area contributed by atoms with Crippen LogP contribution in [0.25, 0.3) is 0 Å². The fraction of sp³-hybridized carbons (Fsp3) is 0.500. The third-order valence-corrected chi connectivity index (χ3v) is 5.26. The molecule has 7 heteroatoms. The number of hydrogen-bond acceptors (Lipinski definition) is 4. The molecule has 1 fully saturated rings. The molecule has 1 heterocycles. The minimum absolute atomic E-state index is 0.0196. The average Bonchev–Trinajstić information content (AvgIpc) is 2.45. The molecular formula is C14H19ClN2O3S. The van der Waals surface area contributed by atoms with Gasteiger partial charge in [-0.1, -0.05) is 23.7 Å². The second-order valence-electron chi connectivity index (χ2n) is 5.16. The molecule has 5 nitrogen and oxygen atoms in total. The lowest BCUT2D eigenvalue weighted by molar-refractivity contribution is 0.0952. The van der Waals surface area contributed by atoms with E-state index in [1.54, 1.807) is 24.3 Å². The predicted molar refractivity (Wildman–Crippen MR) is 83.3 cm³/mol. The summed E-state index contributed by atoms with van der Waals surface area (Å²) < 4.78 is 24.3. The van der Waals surface area contributed by atoms with Gasteiger partial charge in [-0.2, -0.15) is 4.31 Å². The first-order chi connectivity index (χ1) is 9.88. The molecule has 1 aromatic carbocycles. The van der Waals surface area contributed by atoms with E-state index in [0.717, 1.165) is 0 Å². The molecule has 1 aliphatic rings. The third kappa shape index (κ3) is 4.51. The molecule has 0 radical (unpaired) electrons. The monoisotopic (exact) mass is 330 g/mol. The van der Waals surface area contributed by atoms with E-state index < -0.39 is 10.0 Å². The Kier molecular flexibility index (Phi) is 5.37. The first kappa shape index (κ1) is 16.4. The van der Waals surface area contributed by atoms with Gasteiger partial charge >= 0.3 is 0 Å². The van der Waals surface area contributed by atoms with Gasteiger partial charge in [-0.3, -0.25) is 4.79 Å². The number of rotatable bonds is 5. The van der Waals surface area contributed by atoms with Crippen LogP contribution >= 0.6 is 11.6 Å². The van der Waals surface area contributed by atoms with Crippen LogP contribution in [0.3, 0.4) is 0 Å². The van der Waals surface area contributed by atoms with Crippen LogP contribution in [0.5, 0.6) is 0 Å². The van der Waals surface area contributed by atoms with Crippen molar-refractivity contribution in [3.63, 3.8) is 0 Å². The summed E-state index contributed by atoms with van der Waals surface area (Å²) in [5.41, 5.74) is 0.550. The zero-order valence-corrected chi connectivity index (χ0v) is 13.5. The minimum Gasteiger partial charge on any atom is -0.300 e. The number of sulfonamides is 1. The highest BCUT2D eigenvalue weighted by molar-refractivity contribution is 7.88. The van der Waals surface area contributed by atoms with Crippen molar-refractivity contribution in [2.45, 2.75) is 6.42 Å². The average molecular weight is 331 g/mol. The summed E-state index contributed by atoms with van der Waals surface area (Å²) in [6.45, 7) is 2.91. The highest BCUT2D eigenvalue weighted by atomic mass is 35.5. The van der Waals surface area contributed by atoms with Gasteiger partial charge < -0.3 is 4.90 Å². The maximum absolute atomic E-state index is 12.1. The fourth-order valence-corrected chi connectivity index (χ4v) is 3.43. The van der Waals surface area contributed by atoms with Crippen molar-refractivity contribution < 1.29 is 13.2 Å². The number of nitrogens with zero attached hydrogens (tertiary/aromatic N) is 2. The normalized spacial score (nSPS) is 17.8. The molecule has 0 amide bonds. The Balaban J connectivity index is 1.83. The summed E-state index contributed by atoms with van der Waals surface area (Å²) in [6, 6.07) is 7.03. The topological polar surface area (TPSA) is 57.7 Å². The zero-order valence-electron chi connectivity index (χ0n) is 12.0. The lowest BCUT2D eigenvalue weighted by Gasteiger charge is -2.33. The van der Waals surface area contributed by atoms with Crippen molar-refractivity contribution in [2.75, 3.05) is 39.0 Å². The maximum atomic E-state index is 12.1. The van der Waals surface area contributed by atoms with Crippen LogP contribution < -0.4 is 0 Å². The fourth-order valence-electron chi connectivity index (χ4n) is 2.37. The zero-order chi connectivity index (χ0) is 15.5. The summed E-state index contributed by atoms with van der Waals surface area (Å²) in [4.78, 5) is 14.2. The molecule has 1 aromatic rings. The van der Waals surface area contributed by atoms with Crippen molar-refractivity contribution in [3.8, 4) is 0 Å². The van der Waals surface area contributed by atoms with Crippen LogP contribution in [0, 0.1) is 0 Å². The van der Waals surface area contributed by atoms with Gasteiger partial charge in [-0.25, -0.2) is 8.42 Å². The van der Waals surface area contributed by atoms with Gasteiger partial charge in [0.15, 0.2) is 5.78 Å². The van der Waals surface area contributed by atoms with Crippen LogP contribution in [0.15, 0.2) is 24.3 Å². The Morgan fingerprint density at radius 2 is 1.81 bits per heavy atom. The standard InChI is InChI=1S/C14H19ClN2O3S/c1-21(19,20)17-10-8-16(9-11-17)7-6-14(18)12-4-2-3-5-13(12)15/h2-5H,6-11H2,1H3. The molecule has 0 unspecified atom stereocenters. The first-order valence-corrected chi connectivity index (χ1v) is 9.06. The number of carbonyl (C=O) groups excluding carboxylic acids is 1. The van der Waals surface area contributed by atoms with E-state index in [4.69, 9.17) is 11.6 Å². The lowest BCUT2D eigenvalue weighted by atomic mass is 10.1. The van der Waals surface area contributed by atoms with E-state index in [2.05, 4.69) is 4.90 Å². The molecule has 0 aliphatic carbocycles. The van der Waals surface area contributed by atoms with Gasteiger partial charge in [0, 0.05) is 44.7 Å². The van der Waals surface area contributed by atoms with E-state index >= 15 is 0 Å². The maximum Gasteiger partial charge on any atom is 0.211 e. The number of piperazine rings is 1. The summed E-state index contributed by atoms with van der Waals surface area (Å²) in [5, 5.41) is 0.476. The summed E-state index contributed by atoms with van der Waals surface area (Å²) in [6.07, 6.45) is 1.62. The third-order valence-electron chi connectivity index (χ3n) is 3.63. The van der Waals surface area contributed by atoms with Crippen LogP contribution in [0.1, 0.15) is 16.8 Å². The van der Waals surface area contributed by atoms with Crippen molar-refractivity contribution >= 4 is 27.4 Å². The van der Waals surface area contributed by atoms with E-state index in [9.17, 15) is 13.2 Å². The SMILES string of the molecule is CS(=O)(=O)N1CCN(CCC(=O)c2ccccc2Cl)CC1. The largest absolute Gasteiger partial charge is 0.300 e. The Morgan fingerprint density at radius 3 is 2.38 bits per heavy atom. The first-order valence-electron chi connectivity index (χ1n) is 6.83. The van der Waals surface area contributed by atoms with Crippen LogP contribution in [0.2, 0.25) is 5.02 Å². The highest BCUT2D eigenvalue weighted by Crippen LogP contribution is 2.17. The molecule has 1 aliphatic heterocycles. The Labute approximate surface area is 130 Å². The summed E-state index contributed by atoms with van der Waals surface area (Å²) in [7, 11) is -3.11. The smallest absolute Gasteiger partial charge is 0.211 e. The second kappa shape index (κ2) is 6.87. The molecule has 0 spiro atoms. The molecule has 0 N–H and O–H groups in total. The van der Waals surface area contributed by atoms with Gasteiger partial charge in [0.25, 0.3) is 0 Å². The number of benzene rings is 1. The molecule has 116 valence electrons. The van der Waals surface area contributed by atoms with E-state index in [0.29, 0.717) is 49.7 Å². The van der Waals surface area contributed by atoms with E-state index in [1.807, 2.05) is 0 Å². The van der Waals surface area contributed by atoms with E-state index in [1.165, 1.54) is 10.6 Å². The van der Waals surface area contributed by atoms with Gasteiger partial charge in [0.1, 0.15) is 0 Å². The van der Waals surface area contributed by atoms with Gasteiger partial charge in [-0.05, 0) is 12.1 Å². The predicted octanol–water partition coefficient (Wildman–Crippen LogP) is 1.49. The minimum atomic E-state index is -3.11. The summed E-state index contributed by atoms with van der Waals surface area (Å²) in [5.74, 6) is 0.0196.